The first-order chi connectivity index (χ1) is 16.5. The highest BCUT2D eigenvalue weighted by molar-refractivity contribution is 5.96. The van der Waals surface area contributed by atoms with Crippen LogP contribution in [0.1, 0.15) is 34.3 Å². The van der Waals surface area contributed by atoms with Crippen LogP contribution in [0.3, 0.4) is 0 Å². The van der Waals surface area contributed by atoms with Gasteiger partial charge < -0.3 is 15.4 Å². The summed E-state index contributed by atoms with van der Waals surface area (Å²) >= 11 is 0. The predicted octanol–water partition coefficient (Wildman–Crippen LogP) is 4.27. The van der Waals surface area contributed by atoms with Crippen LogP contribution in [0, 0.1) is 11.3 Å². The molecule has 1 aliphatic rings. The van der Waals surface area contributed by atoms with Gasteiger partial charge in [-0.25, -0.2) is 0 Å². The van der Waals surface area contributed by atoms with E-state index in [0.717, 1.165) is 29.5 Å². The molecule has 3 N–H and O–H groups in total. The molecule has 6 heteroatoms. The van der Waals surface area contributed by atoms with Crippen LogP contribution >= 0.6 is 0 Å². The Morgan fingerprint density at radius 1 is 1.00 bits per heavy atom. The maximum Gasteiger partial charge on any atom is 0.311 e. The topological polar surface area (TPSA) is 96.5 Å². The molecule has 0 aromatic heterocycles. The first kappa shape index (κ1) is 23.2. The molecule has 6 nitrogen and oxygen atoms in total. The zero-order chi connectivity index (χ0) is 24.1. The number of nitrogens with zero attached hydrogens (tertiary/aromatic N) is 1. The number of likely N-dealkylation sites (tertiary alicyclic amines) is 1. The Labute approximate surface area is 199 Å². The lowest BCUT2D eigenvalue weighted by Crippen LogP contribution is -2.44. The second kappa shape index (κ2) is 10.3. The molecule has 1 fully saturated rings. The van der Waals surface area contributed by atoms with Crippen molar-refractivity contribution in [3.63, 3.8) is 0 Å². The molecule has 1 saturated heterocycles. The van der Waals surface area contributed by atoms with E-state index in [9.17, 15) is 9.59 Å². The number of nitrogens with one attached hydrogen (secondary N) is 1. The minimum Gasteiger partial charge on any atom is -0.469 e. The molecule has 0 radical (unpaired) electrons. The van der Waals surface area contributed by atoms with Gasteiger partial charge in [-0.15, -0.1) is 0 Å². The van der Waals surface area contributed by atoms with E-state index in [1.165, 1.54) is 7.11 Å². The lowest BCUT2D eigenvalue weighted by molar-refractivity contribution is -0.147. The van der Waals surface area contributed by atoms with E-state index in [4.69, 9.17) is 15.9 Å². The summed E-state index contributed by atoms with van der Waals surface area (Å²) in [6, 6.07) is 24.7. The van der Waals surface area contributed by atoms with E-state index >= 15 is 0 Å². The van der Waals surface area contributed by atoms with Crippen LogP contribution in [0.15, 0.2) is 78.9 Å². The van der Waals surface area contributed by atoms with Crippen molar-refractivity contribution in [3.05, 3.63) is 95.6 Å². The Balaban J connectivity index is 1.56. The average Bonchev–Trinajstić information content (AvgIpc) is 3.37. The molecule has 0 aliphatic carbocycles. The highest BCUT2D eigenvalue weighted by Gasteiger charge is 2.39. The molecule has 3 aromatic carbocycles. The summed E-state index contributed by atoms with van der Waals surface area (Å²) in [7, 11) is 1.38. The summed E-state index contributed by atoms with van der Waals surface area (Å²) in [5.74, 6) is -0.929. The third kappa shape index (κ3) is 5.01. The van der Waals surface area contributed by atoms with Crippen molar-refractivity contribution in [2.75, 3.05) is 13.7 Å². The van der Waals surface area contributed by atoms with Gasteiger partial charge in [0, 0.05) is 23.7 Å². The van der Waals surface area contributed by atoms with Crippen molar-refractivity contribution in [3.8, 4) is 11.1 Å². The Hall–Kier alpha value is -3.93. The number of carbonyl (C=O) groups is 2. The maximum absolute atomic E-state index is 13.4. The first-order valence-corrected chi connectivity index (χ1v) is 11.5. The quantitative estimate of drug-likeness (QED) is 0.316. The number of benzene rings is 3. The fraction of sp³-hybridized carbons (Fsp3) is 0.250. The maximum atomic E-state index is 13.4. The summed E-state index contributed by atoms with van der Waals surface area (Å²) in [6.07, 6.45) is 1.98. The molecule has 1 amide bonds. The number of nitrogen functional groups attached to an aromatic ring is 1. The van der Waals surface area contributed by atoms with Crippen LogP contribution in [0.5, 0.6) is 0 Å². The number of ether oxygens (including phenoxy) is 1. The van der Waals surface area contributed by atoms with E-state index in [-0.39, 0.29) is 23.8 Å². The predicted molar refractivity (Wildman–Crippen MR) is 133 cm³/mol. The molecule has 1 heterocycles. The number of nitrogens with two attached hydrogens (primary N) is 1. The fourth-order valence-electron chi connectivity index (χ4n) is 4.71. The number of hydrogen-bond acceptors (Lipinski definition) is 4. The Bertz CT molecular complexity index is 1180. The highest BCUT2D eigenvalue weighted by Crippen LogP contribution is 2.30. The molecule has 3 aromatic rings. The largest absolute Gasteiger partial charge is 0.469 e. The van der Waals surface area contributed by atoms with E-state index in [0.29, 0.717) is 24.1 Å². The zero-order valence-electron chi connectivity index (χ0n) is 19.2. The highest BCUT2D eigenvalue weighted by atomic mass is 16.5. The van der Waals surface area contributed by atoms with Crippen molar-refractivity contribution >= 4 is 17.7 Å². The molecular formula is C28H29N3O3. The number of amidine groups is 1. The van der Waals surface area contributed by atoms with E-state index in [1.807, 2.05) is 77.7 Å². The van der Waals surface area contributed by atoms with E-state index in [1.54, 1.807) is 6.07 Å². The van der Waals surface area contributed by atoms with Gasteiger partial charge in [-0.05, 0) is 54.2 Å². The van der Waals surface area contributed by atoms with Gasteiger partial charge in [0.05, 0.1) is 13.0 Å². The first-order valence-electron chi connectivity index (χ1n) is 11.5. The summed E-state index contributed by atoms with van der Waals surface area (Å²) in [6.45, 7) is 0.602. The minimum atomic E-state index is -0.498. The third-order valence-corrected chi connectivity index (χ3v) is 6.46. The smallest absolute Gasteiger partial charge is 0.311 e. The second-order valence-electron chi connectivity index (χ2n) is 8.60. The normalized spacial score (nSPS) is 16.1. The van der Waals surface area contributed by atoms with Crippen LogP contribution < -0.4 is 5.73 Å². The summed E-state index contributed by atoms with van der Waals surface area (Å²) in [5.41, 5.74) is 9.88. The number of hydrogen-bond donors (Lipinski definition) is 2. The van der Waals surface area contributed by atoms with Crippen molar-refractivity contribution < 1.29 is 14.3 Å². The van der Waals surface area contributed by atoms with Gasteiger partial charge in [-0.3, -0.25) is 15.0 Å². The lowest BCUT2D eigenvalue weighted by atomic mass is 9.89. The molecule has 34 heavy (non-hydrogen) atoms. The number of methoxy groups -OCH3 is 1. The van der Waals surface area contributed by atoms with Crippen molar-refractivity contribution in [1.29, 1.82) is 5.41 Å². The molecule has 2 atom stereocenters. The van der Waals surface area contributed by atoms with Crippen molar-refractivity contribution in [1.82, 2.24) is 4.90 Å². The van der Waals surface area contributed by atoms with Crippen molar-refractivity contribution in [2.24, 2.45) is 11.7 Å². The Morgan fingerprint density at radius 3 is 2.38 bits per heavy atom. The molecule has 0 saturated carbocycles. The SMILES string of the molecule is COC(=O)C(Cc1cccc(C(=N)N)c1)[C@H]1CCCN1C(=O)c1ccc(-c2ccccc2)cc1. The summed E-state index contributed by atoms with van der Waals surface area (Å²) in [4.78, 5) is 28.1. The van der Waals surface area contributed by atoms with Gasteiger partial charge in [-0.1, -0.05) is 60.7 Å². The lowest BCUT2D eigenvalue weighted by Gasteiger charge is -2.30. The molecule has 1 aliphatic heterocycles. The fourth-order valence-corrected chi connectivity index (χ4v) is 4.71. The minimum absolute atomic E-state index is 0.0203. The van der Waals surface area contributed by atoms with Gasteiger partial charge >= 0.3 is 5.97 Å². The molecule has 0 bridgehead atoms. The van der Waals surface area contributed by atoms with Gasteiger partial charge in [0.1, 0.15) is 5.84 Å². The standard InChI is InChI=1S/C28H29N3O3/c1-34-28(33)24(18-19-7-5-10-23(17-19)26(29)30)25-11-6-16-31(25)27(32)22-14-12-21(13-15-22)20-8-3-2-4-9-20/h2-5,7-10,12-15,17,24-25H,6,11,16,18H2,1H3,(H3,29,30)/t24?,25-/m1/s1. The second-order valence-corrected chi connectivity index (χ2v) is 8.60. The summed E-state index contributed by atoms with van der Waals surface area (Å²) < 4.78 is 5.13. The molecule has 4 rings (SSSR count). The van der Waals surface area contributed by atoms with Crippen LogP contribution in [0.4, 0.5) is 0 Å². The van der Waals surface area contributed by atoms with E-state index < -0.39 is 5.92 Å². The van der Waals surface area contributed by atoms with Crippen LogP contribution in [0.25, 0.3) is 11.1 Å². The number of carbonyl (C=O) groups excluding carboxylic acids is 2. The molecule has 1 unspecified atom stereocenters. The number of esters is 1. The monoisotopic (exact) mass is 455 g/mol. The number of amides is 1. The number of rotatable bonds is 7. The molecule has 0 spiro atoms. The Morgan fingerprint density at radius 2 is 1.71 bits per heavy atom. The van der Waals surface area contributed by atoms with Gasteiger partial charge in [-0.2, -0.15) is 0 Å². The van der Waals surface area contributed by atoms with Gasteiger partial charge in [0.25, 0.3) is 5.91 Å². The van der Waals surface area contributed by atoms with Crippen LogP contribution in [-0.2, 0) is 16.0 Å². The average molecular weight is 456 g/mol. The van der Waals surface area contributed by atoms with Crippen LogP contribution in [-0.4, -0.2) is 42.3 Å². The summed E-state index contributed by atoms with van der Waals surface area (Å²) in [5, 5.41) is 7.69. The van der Waals surface area contributed by atoms with Crippen molar-refractivity contribution in [2.45, 2.75) is 25.3 Å². The van der Waals surface area contributed by atoms with Gasteiger partial charge in [0.2, 0.25) is 0 Å². The van der Waals surface area contributed by atoms with E-state index in [2.05, 4.69) is 0 Å². The zero-order valence-corrected chi connectivity index (χ0v) is 19.2. The van der Waals surface area contributed by atoms with Gasteiger partial charge in [0.15, 0.2) is 0 Å². The molecular weight excluding hydrogens is 426 g/mol. The Kier molecular flexibility index (Phi) is 7.07. The third-order valence-electron chi connectivity index (χ3n) is 6.46. The van der Waals surface area contributed by atoms with Crippen LogP contribution in [0.2, 0.25) is 0 Å². The molecule has 174 valence electrons.